The molecule has 0 spiro atoms. The van der Waals surface area contributed by atoms with Gasteiger partial charge in [-0.15, -0.1) is 0 Å². The lowest BCUT2D eigenvalue weighted by atomic mass is 11.0. The topological polar surface area (TPSA) is 49.6 Å². The van der Waals surface area contributed by atoms with Gasteiger partial charge in [-0.2, -0.15) is 0 Å². The van der Waals surface area contributed by atoms with Crippen LogP contribution < -0.4 is 5.32 Å². The van der Waals surface area contributed by atoms with Gasteiger partial charge in [0, 0.05) is 34.4 Å². The summed E-state index contributed by atoms with van der Waals surface area (Å²) in [4.78, 5) is 0. The van der Waals surface area contributed by atoms with Gasteiger partial charge in [0.2, 0.25) is 0 Å². The molecule has 1 saturated carbocycles. The van der Waals surface area contributed by atoms with Crippen LogP contribution in [0.5, 0.6) is 0 Å². The number of hydrogen-bond acceptors (Lipinski definition) is 4. The Labute approximate surface area is 82.5 Å². The normalized spacial score (nSPS) is 16.6. The van der Waals surface area contributed by atoms with Crippen LogP contribution in [0, 0.1) is 0 Å². The number of hydrogen-bond donors (Lipinski definition) is 1. The Balaban J connectivity index is 0.000000192. The average molecular weight is 207 g/mol. The molecule has 5 heteroatoms. The predicted molar refractivity (Wildman–Crippen MR) is 54.9 cm³/mol. The molecule has 13 heavy (non-hydrogen) atoms. The highest BCUT2D eigenvalue weighted by Gasteiger charge is 2.04. The molecule has 0 radical (unpaired) electrons. The van der Waals surface area contributed by atoms with Crippen molar-refractivity contribution in [1.29, 1.82) is 0 Å². The minimum Gasteiger partial charge on any atom is -0.379 e. The van der Waals surface area contributed by atoms with Gasteiger partial charge in [-0.05, 0) is 0 Å². The van der Waals surface area contributed by atoms with Crippen LogP contribution in [0.25, 0.3) is 0 Å². The summed E-state index contributed by atoms with van der Waals surface area (Å²) < 4.78 is 14.2. The quantitative estimate of drug-likeness (QED) is 0.538. The third-order valence-electron chi connectivity index (χ3n) is 1.18. The van der Waals surface area contributed by atoms with Crippen molar-refractivity contribution >= 4 is 9.53 Å². The fourth-order valence-corrected chi connectivity index (χ4v) is 0.866. The highest BCUT2D eigenvalue weighted by atomic mass is 28.3. The standard InChI is InChI=1S/C3H10O3Si.C3H6.C2H5N/c1-4-7(5-2)6-3;2*1-2-3-1/h7H,1-3H3;1-3H2;3H,1-2H2. The van der Waals surface area contributed by atoms with Crippen LogP contribution in [-0.4, -0.2) is 43.9 Å². The summed E-state index contributed by atoms with van der Waals surface area (Å²) in [6.07, 6.45) is 4.50. The Morgan fingerprint density at radius 3 is 1.15 bits per heavy atom. The zero-order chi connectivity index (χ0) is 9.94. The van der Waals surface area contributed by atoms with Crippen LogP contribution in [0.4, 0.5) is 0 Å². The summed E-state index contributed by atoms with van der Waals surface area (Å²) in [6.45, 7) is 2.50. The van der Waals surface area contributed by atoms with E-state index in [1.807, 2.05) is 0 Å². The fraction of sp³-hybridized carbons (Fsp3) is 1.00. The lowest BCUT2D eigenvalue weighted by Crippen LogP contribution is -2.21. The minimum atomic E-state index is -1.67. The van der Waals surface area contributed by atoms with Crippen molar-refractivity contribution in [3.63, 3.8) is 0 Å². The molecule has 0 amide bonds. The Morgan fingerprint density at radius 1 is 0.846 bits per heavy atom. The zero-order valence-corrected chi connectivity index (χ0v) is 9.99. The molecule has 1 heterocycles. The molecule has 0 bridgehead atoms. The summed E-state index contributed by atoms with van der Waals surface area (Å²) in [7, 11) is 3.05. The van der Waals surface area contributed by atoms with Gasteiger partial charge in [0.25, 0.3) is 0 Å². The molecule has 1 aliphatic carbocycles. The van der Waals surface area contributed by atoms with Crippen molar-refractivity contribution in [3.05, 3.63) is 0 Å². The van der Waals surface area contributed by atoms with E-state index in [-0.39, 0.29) is 0 Å². The van der Waals surface area contributed by atoms with Gasteiger partial charge in [0.05, 0.1) is 0 Å². The summed E-state index contributed by atoms with van der Waals surface area (Å²) >= 11 is 0. The maximum atomic E-state index is 4.74. The van der Waals surface area contributed by atoms with E-state index in [1.165, 1.54) is 32.4 Å². The molecule has 1 saturated heterocycles. The summed E-state index contributed by atoms with van der Waals surface area (Å²) in [5.74, 6) is 0. The van der Waals surface area contributed by atoms with Crippen molar-refractivity contribution in [2.24, 2.45) is 0 Å². The van der Waals surface area contributed by atoms with E-state index in [0.29, 0.717) is 0 Å². The second-order valence-electron chi connectivity index (χ2n) is 2.81. The number of rotatable bonds is 3. The molecule has 4 nitrogen and oxygen atoms in total. The first-order valence-corrected chi connectivity index (χ1v) is 6.05. The second-order valence-corrected chi connectivity index (χ2v) is 4.80. The predicted octanol–water partition coefficient (Wildman–Crippen LogP) is 0.403. The second kappa shape index (κ2) is 10.1. The van der Waals surface area contributed by atoms with Gasteiger partial charge in [-0.3, -0.25) is 0 Å². The largest absolute Gasteiger partial charge is 0.483 e. The van der Waals surface area contributed by atoms with Crippen molar-refractivity contribution in [1.82, 2.24) is 5.32 Å². The van der Waals surface area contributed by atoms with Gasteiger partial charge in [0.1, 0.15) is 0 Å². The summed E-state index contributed by atoms with van der Waals surface area (Å²) in [5, 5.41) is 3.00. The van der Waals surface area contributed by atoms with Crippen LogP contribution in [0.2, 0.25) is 0 Å². The maximum absolute atomic E-state index is 4.74. The molecule has 0 aromatic heterocycles. The van der Waals surface area contributed by atoms with Gasteiger partial charge in [-0.1, -0.05) is 19.3 Å². The van der Waals surface area contributed by atoms with Crippen molar-refractivity contribution in [2.45, 2.75) is 19.3 Å². The molecule has 1 N–H and O–H groups in total. The third-order valence-corrected chi connectivity index (χ3v) is 2.34. The van der Waals surface area contributed by atoms with E-state index < -0.39 is 9.53 Å². The molecule has 2 aliphatic rings. The zero-order valence-electron chi connectivity index (χ0n) is 8.84. The Morgan fingerprint density at radius 2 is 1.15 bits per heavy atom. The third kappa shape index (κ3) is 18.8. The van der Waals surface area contributed by atoms with E-state index >= 15 is 0 Å². The highest BCUT2D eigenvalue weighted by molar-refractivity contribution is 6.36. The maximum Gasteiger partial charge on any atom is 0.483 e. The van der Waals surface area contributed by atoms with Crippen molar-refractivity contribution < 1.29 is 13.3 Å². The molecule has 0 aromatic rings. The first-order valence-electron chi connectivity index (χ1n) is 4.64. The smallest absolute Gasteiger partial charge is 0.379 e. The lowest BCUT2D eigenvalue weighted by Gasteiger charge is -2.05. The molecular weight excluding hydrogens is 186 g/mol. The van der Waals surface area contributed by atoms with Gasteiger partial charge < -0.3 is 18.6 Å². The molecule has 0 atom stereocenters. The van der Waals surface area contributed by atoms with E-state index in [4.69, 9.17) is 13.3 Å². The van der Waals surface area contributed by atoms with E-state index in [2.05, 4.69) is 5.32 Å². The molecule has 0 unspecified atom stereocenters. The lowest BCUT2D eigenvalue weighted by molar-refractivity contribution is 0.163. The van der Waals surface area contributed by atoms with E-state index in [9.17, 15) is 0 Å². The van der Waals surface area contributed by atoms with Crippen LogP contribution in [0.3, 0.4) is 0 Å². The van der Waals surface area contributed by atoms with Gasteiger partial charge in [-0.25, -0.2) is 0 Å². The Hall–Kier alpha value is 0.0569. The Kier molecular flexibility index (Phi) is 10.2. The van der Waals surface area contributed by atoms with Gasteiger partial charge >= 0.3 is 9.53 Å². The fourth-order valence-electron chi connectivity index (χ4n) is 0.289. The average Bonchev–Trinajstić information content (AvgIpc) is 2.93. The van der Waals surface area contributed by atoms with Crippen molar-refractivity contribution in [2.75, 3.05) is 34.4 Å². The first kappa shape index (κ1) is 13.1. The molecule has 80 valence electrons. The van der Waals surface area contributed by atoms with E-state index in [0.717, 1.165) is 0 Å². The SMILES string of the molecule is C1CC1.C1CN1.CO[SiH](OC)OC. The van der Waals surface area contributed by atoms with Crippen LogP contribution in [0.15, 0.2) is 0 Å². The molecule has 2 fully saturated rings. The van der Waals surface area contributed by atoms with Crippen LogP contribution in [0.1, 0.15) is 19.3 Å². The van der Waals surface area contributed by atoms with Gasteiger partial charge in [0.15, 0.2) is 0 Å². The summed E-state index contributed by atoms with van der Waals surface area (Å²) in [6, 6.07) is 0. The Bertz CT molecular complexity index is 80.4. The molecule has 2 rings (SSSR count). The molecular formula is C8H21NO3Si. The molecule has 1 aliphatic heterocycles. The number of nitrogens with one attached hydrogen (secondary N) is 1. The first-order chi connectivity index (χ1) is 6.35. The van der Waals surface area contributed by atoms with Crippen LogP contribution >= 0.6 is 0 Å². The molecule has 0 aromatic carbocycles. The van der Waals surface area contributed by atoms with E-state index in [1.54, 1.807) is 21.3 Å². The van der Waals surface area contributed by atoms with Crippen LogP contribution in [-0.2, 0) is 13.3 Å². The van der Waals surface area contributed by atoms with Crippen molar-refractivity contribution in [3.8, 4) is 0 Å². The summed E-state index contributed by atoms with van der Waals surface area (Å²) in [5.41, 5.74) is 0. The highest BCUT2D eigenvalue weighted by Crippen LogP contribution is 2.14. The monoisotopic (exact) mass is 207 g/mol. The minimum absolute atomic E-state index is 1.25.